The van der Waals surface area contributed by atoms with Crippen LogP contribution in [-0.4, -0.2) is 38.4 Å². The molecule has 37 heavy (non-hydrogen) atoms. The Kier molecular flexibility index (Phi) is 7.82. The Morgan fingerprint density at radius 2 is 1.97 bits per heavy atom. The average Bonchev–Trinajstić information content (AvgIpc) is 3.43. The van der Waals surface area contributed by atoms with Crippen LogP contribution in [-0.2, 0) is 17.6 Å². The second kappa shape index (κ2) is 10.9. The van der Waals surface area contributed by atoms with Gasteiger partial charge in [-0.25, -0.2) is 4.99 Å². The predicted octanol–water partition coefficient (Wildman–Crippen LogP) is 7.75. The molecule has 0 bridgehead atoms. The average molecular weight is 605 g/mol. The van der Waals surface area contributed by atoms with Crippen LogP contribution in [0.5, 0.6) is 0 Å². The molecule has 2 aliphatic rings. The summed E-state index contributed by atoms with van der Waals surface area (Å²) in [4.78, 5) is 21.8. The number of hydrogen-bond acceptors (Lipinski definition) is 6. The van der Waals surface area contributed by atoms with Crippen molar-refractivity contribution in [3.8, 4) is 0 Å². The number of aliphatic imine (C=N–C) groups is 1. The summed E-state index contributed by atoms with van der Waals surface area (Å²) < 4.78 is 12.5. The number of benzene rings is 1. The van der Waals surface area contributed by atoms with Crippen LogP contribution in [0.4, 0.5) is 16.6 Å². The van der Waals surface area contributed by atoms with Crippen LogP contribution in [0, 0.1) is 11.3 Å². The number of amides is 1. The van der Waals surface area contributed by atoms with Crippen molar-refractivity contribution >= 4 is 67.6 Å². The Morgan fingerprint density at radius 1 is 1.24 bits per heavy atom. The molecule has 3 heterocycles. The van der Waals surface area contributed by atoms with E-state index in [4.69, 9.17) is 25.7 Å². The molecule has 0 unspecified atom stereocenters. The van der Waals surface area contributed by atoms with Crippen LogP contribution in [0.25, 0.3) is 0 Å². The number of furan rings is 1. The van der Waals surface area contributed by atoms with Gasteiger partial charge in [0.2, 0.25) is 5.88 Å². The first-order chi connectivity index (χ1) is 17.7. The lowest BCUT2D eigenvalue weighted by Crippen LogP contribution is -2.36. The van der Waals surface area contributed by atoms with Crippen LogP contribution < -0.4 is 10.2 Å². The van der Waals surface area contributed by atoms with E-state index >= 15 is 0 Å². The van der Waals surface area contributed by atoms with Crippen molar-refractivity contribution in [1.29, 1.82) is 0 Å². The van der Waals surface area contributed by atoms with Crippen molar-refractivity contribution in [1.82, 2.24) is 0 Å². The standard InChI is InChI=1S/C28H31BrClN3O3S/c1-28(2,3)17-4-9-21-23(14-17)37-26(24(21)25(34)32-19-7-5-18(30)6-8-19)31-16-20-15-22(29)27(36-20)33-10-12-35-13-11-33/h5-8,15-17H,4,9-14H2,1-3H3,(H,32,34)/t17-/m1/s1. The van der Waals surface area contributed by atoms with Gasteiger partial charge in [0, 0.05) is 34.7 Å². The monoisotopic (exact) mass is 603 g/mol. The van der Waals surface area contributed by atoms with E-state index < -0.39 is 0 Å². The van der Waals surface area contributed by atoms with E-state index in [1.54, 1.807) is 29.7 Å². The molecule has 1 amide bonds. The molecule has 1 aromatic carbocycles. The van der Waals surface area contributed by atoms with E-state index in [1.807, 2.05) is 18.2 Å². The molecule has 9 heteroatoms. The summed E-state index contributed by atoms with van der Waals surface area (Å²) in [6.07, 6.45) is 4.62. The SMILES string of the molecule is CC(C)(C)[C@@H]1CCc2c(sc(N=Cc3cc(Br)c(N4CCOCC4)o3)c2C(=O)Nc2ccc(Cl)cc2)C1. The molecule has 1 atom stereocenters. The highest BCUT2D eigenvalue weighted by Gasteiger charge is 2.33. The fourth-order valence-corrected chi connectivity index (χ4v) is 6.86. The minimum absolute atomic E-state index is 0.143. The van der Waals surface area contributed by atoms with Crippen molar-refractivity contribution < 1.29 is 13.9 Å². The van der Waals surface area contributed by atoms with E-state index in [0.29, 0.717) is 46.2 Å². The lowest BCUT2D eigenvalue weighted by Gasteiger charge is -2.33. The third-order valence-corrected chi connectivity index (χ3v) is 9.08. The highest BCUT2D eigenvalue weighted by molar-refractivity contribution is 9.10. The molecule has 1 aliphatic carbocycles. The number of thiophene rings is 1. The summed E-state index contributed by atoms with van der Waals surface area (Å²) in [7, 11) is 0. The molecule has 0 radical (unpaired) electrons. The molecule has 1 aliphatic heterocycles. The third kappa shape index (κ3) is 5.98. The quantitative estimate of drug-likeness (QED) is 0.303. The van der Waals surface area contributed by atoms with E-state index in [0.717, 1.165) is 48.3 Å². The summed E-state index contributed by atoms with van der Waals surface area (Å²) >= 11 is 11.3. The number of hydrogen-bond donors (Lipinski definition) is 1. The van der Waals surface area contributed by atoms with Gasteiger partial charge in [-0.05, 0) is 76.4 Å². The highest BCUT2D eigenvalue weighted by Crippen LogP contribution is 2.45. The summed E-state index contributed by atoms with van der Waals surface area (Å²) in [6, 6.07) is 9.09. The van der Waals surface area contributed by atoms with E-state index in [9.17, 15) is 4.79 Å². The molecule has 6 nitrogen and oxygen atoms in total. The molecule has 3 aromatic rings. The Morgan fingerprint density at radius 3 is 2.68 bits per heavy atom. The summed E-state index contributed by atoms with van der Waals surface area (Å²) in [5.41, 5.74) is 2.71. The molecule has 1 fully saturated rings. The van der Waals surface area contributed by atoms with Gasteiger partial charge in [0.05, 0.1) is 29.5 Å². The Balaban J connectivity index is 1.45. The molecular formula is C28H31BrClN3O3S. The van der Waals surface area contributed by atoms with Crippen LogP contribution in [0.1, 0.15) is 53.8 Å². The maximum absolute atomic E-state index is 13.5. The highest BCUT2D eigenvalue weighted by atomic mass is 79.9. The largest absolute Gasteiger partial charge is 0.438 e. The van der Waals surface area contributed by atoms with Crippen molar-refractivity contribution in [2.24, 2.45) is 16.3 Å². The lowest BCUT2D eigenvalue weighted by molar-refractivity contribution is 0.102. The number of nitrogens with zero attached hydrogens (tertiary/aromatic N) is 2. The zero-order valence-electron chi connectivity index (χ0n) is 21.3. The van der Waals surface area contributed by atoms with Crippen molar-refractivity contribution in [3.63, 3.8) is 0 Å². The Bertz CT molecular complexity index is 1300. The summed E-state index contributed by atoms with van der Waals surface area (Å²) in [5, 5.41) is 4.39. The maximum Gasteiger partial charge on any atom is 0.259 e. The molecule has 196 valence electrons. The van der Waals surface area contributed by atoms with Crippen molar-refractivity contribution in [2.75, 3.05) is 36.5 Å². The van der Waals surface area contributed by atoms with Gasteiger partial charge in [-0.15, -0.1) is 11.3 Å². The zero-order valence-corrected chi connectivity index (χ0v) is 24.4. The lowest BCUT2D eigenvalue weighted by atomic mass is 9.72. The molecule has 1 saturated heterocycles. The van der Waals surface area contributed by atoms with E-state index in [1.165, 1.54) is 4.88 Å². The first-order valence-corrected chi connectivity index (χ1v) is 14.6. The molecule has 5 rings (SSSR count). The number of fused-ring (bicyclic) bond motifs is 1. The van der Waals surface area contributed by atoms with Gasteiger partial charge >= 0.3 is 0 Å². The minimum atomic E-state index is -0.143. The molecule has 0 spiro atoms. The van der Waals surface area contributed by atoms with Gasteiger partial charge in [0.25, 0.3) is 5.91 Å². The number of carbonyl (C=O) groups excluding carboxylic acids is 1. The first kappa shape index (κ1) is 26.5. The van der Waals surface area contributed by atoms with Gasteiger partial charge < -0.3 is 19.4 Å². The topological polar surface area (TPSA) is 67.1 Å². The van der Waals surface area contributed by atoms with Gasteiger partial charge in [-0.2, -0.15) is 0 Å². The number of nitrogens with one attached hydrogen (secondary N) is 1. The fourth-order valence-electron chi connectivity index (χ4n) is 4.91. The third-order valence-electron chi connectivity index (χ3n) is 7.10. The number of rotatable bonds is 5. The zero-order chi connectivity index (χ0) is 26.2. The van der Waals surface area contributed by atoms with Gasteiger partial charge in [0.15, 0.2) is 0 Å². The van der Waals surface area contributed by atoms with Gasteiger partial charge in [-0.3, -0.25) is 4.79 Å². The Hall–Kier alpha value is -2.13. The number of ether oxygens (including phenoxy) is 1. The van der Waals surface area contributed by atoms with Crippen LogP contribution >= 0.6 is 38.9 Å². The van der Waals surface area contributed by atoms with Crippen LogP contribution in [0.3, 0.4) is 0 Å². The predicted molar refractivity (Wildman–Crippen MR) is 155 cm³/mol. The van der Waals surface area contributed by atoms with Crippen LogP contribution in [0.2, 0.25) is 5.02 Å². The Labute approximate surface area is 235 Å². The van der Waals surface area contributed by atoms with Crippen molar-refractivity contribution in [2.45, 2.75) is 40.0 Å². The van der Waals surface area contributed by atoms with Gasteiger partial charge in [-0.1, -0.05) is 32.4 Å². The number of morpholine rings is 1. The van der Waals surface area contributed by atoms with Crippen molar-refractivity contribution in [3.05, 3.63) is 61.6 Å². The molecule has 0 saturated carbocycles. The second-order valence-electron chi connectivity index (χ2n) is 10.6. The summed E-state index contributed by atoms with van der Waals surface area (Å²) in [5.74, 6) is 1.84. The first-order valence-electron chi connectivity index (χ1n) is 12.6. The fraction of sp³-hybridized carbons (Fsp3) is 0.429. The molecular weight excluding hydrogens is 574 g/mol. The normalized spacial score (nSPS) is 18.3. The number of anilines is 2. The van der Waals surface area contributed by atoms with E-state index in [-0.39, 0.29) is 11.3 Å². The number of carbonyl (C=O) groups is 1. The smallest absolute Gasteiger partial charge is 0.259 e. The number of halogens is 2. The second-order valence-corrected chi connectivity index (χ2v) is 13.0. The molecule has 1 N–H and O–H groups in total. The minimum Gasteiger partial charge on any atom is -0.438 e. The van der Waals surface area contributed by atoms with Crippen LogP contribution in [0.15, 0.2) is 44.2 Å². The molecule has 2 aromatic heterocycles. The van der Waals surface area contributed by atoms with Gasteiger partial charge in [0.1, 0.15) is 10.8 Å². The van der Waals surface area contributed by atoms with E-state index in [2.05, 4.69) is 46.9 Å². The maximum atomic E-state index is 13.5. The summed E-state index contributed by atoms with van der Waals surface area (Å²) in [6.45, 7) is 9.81.